The maximum Gasteiger partial charge on any atom is 0.232 e. The van der Waals surface area contributed by atoms with Crippen LogP contribution in [0.3, 0.4) is 0 Å². The lowest BCUT2D eigenvalue weighted by Gasteiger charge is -2.38. The van der Waals surface area contributed by atoms with Crippen molar-refractivity contribution in [1.29, 1.82) is 0 Å². The number of aromatic nitrogens is 2. The molecule has 1 aromatic heterocycles. The van der Waals surface area contributed by atoms with E-state index in [2.05, 4.69) is 76.5 Å². The van der Waals surface area contributed by atoms with Crippen molar-refractivity contribution in [1.82, 2.24) is 4.98 Å². The van der Waals surface area contributed by atoms with Crippen LogP contribution in [-0.4, -0.2) is 57.3 Å². The molecule has 0 unspecified atom stereocenters. The van der Waals surface area contributed by atoms with Crippen LogP contribution in [0.1, 0.15) is 27.7 Å². The lowest BCUT2D eigenvalue weighted by molar-refractivity contribution is -0.310. The molecule has 30 heavy (non-hydrogen) atoms. The molecule has 3 heterocycles. The third-order valence-corrected chi connectivity index (χ3v) is 6.87. The third kappa shape index (κ3) is 2.92. The van der Waals surface area contributed by atoms with Crippen LogP contribution in [0.15, 0.2) is 24.3 Å². The molecule has 0 atom stereocenters. The monoisotopic (exact) mass is 405 g/mol. The van der Waals surface area contributed by atoms with Gasteiger partial charge in [0.15, 0.2) is 0 Å². The Morgan fingerprint density at radius 2 is 0.933 bits per heavy atom. The van der Waals surface area contributed by atoms with Crippen molar-refractivity contribution in [3.8, 4) is 0 Å². The Morgan fingerprint density at radius 1 is 0.600 bits per heavy atom. The molecule has 1 N–H and O–H groups in total. The van der Waals surface area contributed by atoms with Crippen molar-refractivity contribution in [2.45, 2.75) is 27.7 Å². The second-order valence-corrected chi connectivity index (χ2v) is 8.27. The molecule has 0 spiro atoms. The summed E-state index contributed by atoms with van der Waals surface area (Å²) in [6.07, 6.45) is 0. The first kappa shape index (κ1) is 19.2. The fourth-order valence-corrected chi connectivity index (χ4v) is 5.08. The first-order valence-electron chi connectivity index (χ1n) is 11.5. The molecule has 3 aromatic rings. The number of benzene rings is 2. The van der Waals surface area contributed by atoms with E-state index < -0.39 is 0 Å². The summed E-state index contributed by atoms with van der Waals surface area (Å²) in [4.78, 5) is 18.7. The van der Waals surface area contributed by atoms with E-state index in [1.807, 2.05) is 0 Å². The summed E-state index contributed by atoms with van der Waals surface area (Å²) in [5, 5.41) is 0. The lowest BCUT2D eigenvalue weighted by atomic mass is 10.1. The fourth-order valence-electron chi connectivity index (χ4n) is 5.08. The van der Waals surface area contributed by atoms with Crippen molar-refractivity contribution in [2.24, 2.45) is 0 Å². The zero-order valence-corrected chi connectivity index (χ0v) is 18.7. The second kappa shape index (κ2) is 7.49. The van der Waals surface area contributed by atoms with Crippen molar-refractivity contribution in [2.75, 3.05) is 72.0 Å². The van der Waals surface area contributed by atoms with Gasteiger partial charge in [0.05, 0.1) is 22.7 Å². The highest BCUT2D eigenvalue weighted by Crippen LogP contribution is 2.38. The maximum absolute atomic E-state index is 5.11. The summed E-state index contributed by atoms with van der Waals surface area (Å²) in [7, 11) is 0. The molecule has 2 aliphatic rings. The van der Waals surface area contributed by atoms with Crippen LogP contribution in [0, 0.1) is 0 Å². The van der Waals surface area contributed by atoms with E-state index in [-0.39, 0.29) is 0 Å². The summed E-state index contributed by atoms with van der Waals surface area (Å²) in [5.74, 6) is 0. The van der Waals surface area contributed by atoms with Crippen molar-refractivity contribution >= 4 is 44.8 Å². The molecule has 0 saturated heterocycles. The van der Waals surface area contributed by atoms with Crippen LogP contribution in [0.2, 0.25) is 0 Å². The van der Waals surface area contributed by atoms with E-state index in [1.165, 1.54) is 22.7 Å². The van der Waals surface area contributed by atoms with Gasteiger partial charge in [-0.15, -0.1) is 0 Å². The molecule has 0 saturated carbocycles. The molecule has 0 aliphatic carbocycles. The summed E-state index contributed by atoms with van der Waals surface area (Å²) in [6.45, 7) is 17.4. The Hall–Kier alpha value is -2.76. The number of hydrogen-bond donors (Lipinski definition) is 0. The number of nitrogens with zero attached hydrogens (tertiary/aromatic N) is 5. The second-order valence-electron chi connectivity index (χ2n) is 8.27. The Labute approximate surface area is 179 Å². The third-order valence-electron chi connectivity index (χ3n) is 6.87. The highest BCUT2D eigenvalue weighted by Gasteiger charge is 2.26. The lowest BCUT2D eigenvalue weighted by Crippen LogP contribution is -2.41. The number of hydrogen-bond acceptors (Lipinski definition) is 5. The summed E-state index contributed by atoms with van der Waals surface area (Å²) in [6, 6.07) is 9.16. The van der Waals surface area contributed by atoms with Crippen LogP contribution in [0.4, 0.5) is 22.7 Å². The average Bonchev–Trinajstić information content (AvgIpc) is 2.78. The standard InChI is InChI=1S/C24H32N6/c1-5-27-9-10-28(6-2)22-14-18-17(13-21(22)27)25-19-15-23-24(16-20(19)26-18)30(8-4)12-11-29(23)7-3/h13-16H,5-12H2,1-4H3/p+1. The first-order chi connectivity index (χ1) is 14.7. The minimum absolute atomic E-state index is 1.03. The van der Waals surface area contributed by atoms with Gasteiger partial charge in [0, 0.05) is 64.5 Å². The molecular formula is C24H33N6+. The van der Waals surface area contributed by atoms with E-state index in [0.29, 0.717) is 0 Å². The average molecular weight is 406 g/mol. The topological polar surface area (TPSA) is 40.0 Å². The van der Waals surface area contributed by atoms with Crippen molar-refractivity contribution in [3.05, 3.63) is 24.3 Å². The molecule has 0 fully saturated rings. The van der Waals surface area contributed by atoms with Crippen molar-refractivity contribution < 1.29 is 4.98 Å². The van der Waals surface area contributed by atoms with Crippen LogP contribution < -0.4 is 24.6 Å². The maximum atomic E-state index is 5.11. The normalized spacial score (nSPS) is 16.4. The molecule has 6 heteroatoms. The Balaban J connectivity index is 1.71. The number of anilines is 4. The van der Waals surface area contributed by atoms with Gasteiger partial charge in [-0.05, 0) is 39.8 Å². The van der Waals surface area contributed by atoms with Gasteiger partial charge in [0.25, 0.3) is 0 Å². The van der Waals surface area contributed by atoms with Gasteiger partial charge in [-0.1, -0.05) is 0 Å². The van der Waals surface area contributed by atoms with E-state index in [4.69, 9.17) is 4.98 Å². The van der Waals surface area contributed by atoms with Gasteiger partial charge in [0.2, 0.25) is 11.0 Å². The zero-order valence-electron chi connectivity index (χ0n) is 18.7. The van der Waals surface area contributed by atoms with Gasteiger partial charge in [-0.2, -0.15) is 0 Å². The summed E-state index contributed by atoms with van der Waals surface area (Å²) < 4.78 is 0. The van der Waals surface area contributed by atoms with Gasteiger partial charge in [-0.3, -0.25) is 0 Å². The van der Waals surface area contributed by atoms with Crippen LogP contribution >= 0.6 is 0 Å². The predicted molar refractivity (Wildman–Crippen MR) is 127 cm³/mol. The van der Waals surface area contributed by atoms with Crippen LogP contribution in [-0.2, 0) is 0 Å². The highest BCUT2D eigenvalue weighted by molar-refractivity contribution is 5.93. The Kier molecular flexibility index (Phi) is 4.80. The smallest absolute Gasteiger partial charge is 0.232 e. The molecule has 6 nitrogen and oxygen atoms in total. The summed E-state index contributed by atoms with van der Waals surface area (Å²) in [5.41, 5.74) is 9.58. The zero-order chi connectivity index (χ0) is 20.8. The Bertz CT molecular complexity index is 925. The first-order valence-corrected chi connectivity index (χ1v) is 11.5. The molecule has 0 radical (unpaired) electrons. The molecule has 158 valence electrons. The molecule has 5 rings (SSSR count). The largest absolute Gasteiger partial charge is 0.368 e. The molecule has 2 aromatic carbocycles. The highest BCUT2D eigenvalue weighted by atomic mass is 15.3. The van der Waals surface area contributed by atoms with Crippen LogP contribution in [0.25, 0.3) is 22.1 Å². The molecule has 0 amide bonds. The van der Waals surface area contributed by atoms with Gasteiger partial charge in [0.1, 0.15) is 11.0 Å². The SMILES string of the molecule is CCN1CCN(CC)c2cc3[nH+]c4cc5c(cc4nc3cc21)N(CC)CCN5CC. The minimum atomic E-state index is 1.03. The number of rotatable bonds is 4. The minimum Gasteiger partial charge on any atom is -0.368 e. The quantitative estimate of drug-likeness (QED) is 0.621. The number of fused-ring (bicyclic) bond motifs is 4. The molecule has 0 bridgehead atoms. The Morgan fingerprint density at radius 3 is 1.27 bits per heavy atom. The van der Waals surface area contributed by atoms with Crippen LogP contribution in [0.5, 0.6) is 0 Å². The predicted octanol–water partition coefficient (Wildman–Crippen LogP) is 3.53. The molecular weight excluding hydrogens is 372 g/mol. The van der Waals surface area contributed by atoms with E-state index in [9.17, 15) is 0 Å². The van der Waals surface area contributed by atoms with Gasteiger partial charge >= 0.3 is 0 Å². The molecule has 2 aliphatic heterocycles. The fraction of sp³-hybridized carbons (Fsp3) is 0.500. The van der Waals surface area contributed by atoms with E-state index in [0.717, 1.165) is 74.4 Å². The number of likely N-dealkylation sites (N-methyl/N-ethyl adjacent to an activating group) is 4. The van der Waals surface area contributed by atoms with Gasteiger partial charge < -0.3 is 19.6 Å². The number of H-pyrrole nitrogens is 1. The van der Waals surface area contributed by atoms with E-state index in [1.54, 1.807) is 0 Å². The summed E-state index contributed by atoms with van der Waals surface area (Å²) >= 11 is 0. The number of aromatic amines is 1. The van der Waals surface area contributed by atoms with Crippen molar-refractivity contribution in [3.63, 3.8) is 0 Å². The van der Waals surface area contributed by atoms with Gasteiger partial charge in [-0.25, -0.2) is 9.97 Å². The number of nitrogens with one attached hydrogen (secondary N) is 1. The van der Waals surface area contributed by atoms with E-state index >= 15 is 0 Å².